The van der Waals surface area contributed by atoms with Crippen LogP contribution >= 0.6 is 0 Å². The molecule has 0 fully saturated rings. The van der Waals surface area contributed by atoms with E-state index in [1.165, 1.54) is 6.20 Å². The number of carboxylic acid groups (broad SMARTS) is 1. The summed E-state index contributed by atoms with van der Waals surface area (Å²) in [5.41, 5.74) is 0.259. The van der Waals surface area contributed by atoms with Gasteiger partial charge >= 0.3 is 5.97 Å². The Kier molecular flexibility index (Phi) is 5.29. The molecule has 0 aliphatic heterocycles. The molecule has 1 heterocycles. The van der Waals surface area contributed by atoms with Crippen molar-refractivity contribution >= 4 is 16.0 Å². The lowest BCUT2D eigenvalue weighted by atomic mass is 9.84. The van der Waals surface area contributed by atoms with Crippen molar-refractivity contribution in [3.8, 4) is 0 Å². The van der Waals surface area contributed by atoms with Gasteiger partial charge in [0, 0.05) is 13.0 Å². The topological polar surface area (TPSA) is 112 Å². The Morgan fingerprint density at radius 3 is 2.60 bits per heavy atom. The van der Waals surface area contributed by atoms with Crippen LogP contribution in [0.3, 0.4) is 0 Å². The third kappa shape index (κ3) is 4.93. The monoisotopic (exact) mass is 303 g/mol. The maximum atomic E-state index is 12.0. The predicted molar refractivity (Wildman–Crippen MR) is 73.8 cm³/mol. The molecule has 1 rings (SSSR count). The first-order chi connectivity index (χ1) is 9.14. The van der Waals surface area contributed by atoms with Gasteiger partial charge in [0.1, 0.15) is 4.90 Å². The van der Waals surface area contributed by atoms with Gasteiger partial charge in [-0.25, -0.2) is 13.1 Å². The Balaban J connectivity index is 2.52. The van der Waals surface area contributed by atoms with E-state index < -0.39 is 16.0 Å². The molecule has 0 radical (unpaired) electrons. The molecule has 0 saturated heterocycles. The number of aliphatic carboxylic acids is 1. The van der Waals surface area contributed by atoms with Crippen molar-refractivity contribution in [2.24, 2.45) is 5.41 Å². The number of aromatic nitrogens is 2. The van der Waals surface area contributed by atoms with Crippen molar-refractivity contribution < 1.29 is 18.3 Å². The maximum absolute atomic E-state index is 12.0. The minimum atomic E-state index is -3.56. The molecular formula is C12H21N3O4S. The summed E-state index contributed by atoms with van der Waals surface area (Å²) < 4.78 is 26.5. The van der Waals surface area contributed by atoms with Gasteiger partial charge < -0.3 is 5.11 Å². The molecule has 0 aliphatic rings. The minimum Gasteiger partial charge on any atom is -0.481 e. The standard InChI is InChI=1S/C12H21N3O4S/c1-9-10(8-13-15-9)20(18,19)14-7-6-12(2,3)5-4-11(16)17/h8,14H,4-7H2,1-3H3,(H,13,15)(H,16,17). The van der Waals surface area contributed by atoms with Crippen molar-refractivity contribution in [2.45, 2.75) is 44.9 Å². The van der Waals surface area contributed by atoms with Crippen LogP contribution in [0.5, 0.6) is 0 Å². The van der Waals surface area contributed by atoms with Gasteiger partial charge in [-0.15, -0.1) is 0 Å². The first-order valence-corrected chi connectivity index (χ1v) is 7.84. The first kappa shape index (κ1) is 16.6. The highest BCUT2D eigenvalue weighted by molar-refractivity contribution is 7.89. The lowest BCUT2D eigenvalue weighted by molar-refractivity contribution is -0.137. The van der Waals surface area contributed by atoms with E-state index in [4.69, 9.17) is 5.11 Å². The fraction of sp³-hybridized carbons (Fsp3) is 0.667. The smallest absolute Gasteiger partial charge is 0.303 e. The molecule has 1 aromatic heterocycles. The molecule has 1 aromatic rings. The van der Waals surface area contributed by atoms with Crippen LogP contribution in [0.2, 0.25) is 0 Å². The molecule has 3 N–H and O–H groups in total. The highest BCUT2D eigenvalue weighted by atomic mass is 32.2. The number of sulfonamides is 1. The number of aryl methyl sites for hydroxylation is 1. The molecule has 0 aromatic carbocycles. The zero-order valence-electron chi connectivity index (χ0n) is 11.9. The fourth-order valence-electron chi connectivity index (χ4n) is 1.78. The molecule has 7 nitrogen and oxygen atoms in total. The van der Waals surface area contributed by atoms with Gasteiger partial charge in [-0.3, -0.25) is 9.89 Å². The van der Waals surface area contributed by atoms with Gasteiger partial charge in [0.2, 0.25) is 10.0 Å². The van der Waals surface area contributed by atoms with Gasteiger partial charge in [-0.2, -0.15) is 5.10 Å². The molecule has 0 unspecified atom stereocenters. The van der Waals surface area contributed by atoms with E-state index in [2.05, 4.69) is 14.9 Å². The number of nitrogens with one attached hydrogen (secondary N) is 2. The molecule has 114 valence electrons. The summed E-state index contributed by atoms with van der Waals surface area (Å²) in [5, 5.41) is 14.9. The molecule has 8 heteroatoms. The average Bonchev–Trinajstić information content (AvgIpc) is 2.73. The minimum absolute atomic E-state index is 0.0839. The Morgan fingerprint density at radius 1 is 1.45 bits per heavy atom. The summed E-state index contributed by atoms with van der Waals surface area (Å²) in [5.74, 6) is -0.840. The summed E-state index contributed by atoms with van der Waals surface area (Å²) in [6.07, 6.45) is 2.43. The van der Waals surface area contributed by atoms with Crippen molar-refractivity contribution in [3.63, 3.8) is 0 Å². The maximum Gasteiger partial charge on any atom is 0.303 e. The predicted octanol–water partition coefficient (Wildman–Crippen LogP) is 1.28. The van der Waals surface area contributed by atoms with E-state index in [1.54, 1.807) is 6.92 Å². The van der Waals surface area contributed by atoms with Crippen LogP contribution in [-0.4, -0.2) is 36.2 Å². The SMILES string of the molecule is Cc1[nH]ncc1S(=O)(=O)NCCC(C)(C)CCC(=O)O. The largest absolute Gasteiger partial charge is 0.481 e. The summed E-state index contributed by atoms with van der Waals surface area (Å²) in [6, 6.07) is 0. The van der Waals surface area contributed by atoms with E-state index >= 15 is 0 Å². The quantitative estimate of drug-likeness (QED) is 0.669. The van der Waals surface area contributed by atoms with Crippen LogP contribution < -0.4 is 4.72 Å². The lowest BCUT2D eigenvalue weighted by Gasteiger charge is -2.23. The second kappa shape index (κ2) is 6.36. The number of hydrogen-bond donors (Lipinski definition) is 3. The molecule has 0 atom stereocenters. The molecule has 0 amide bonds. The van der Waals surface area contributed by atoms with E-state index in [-0.39, 0.29) is 23.3 Å². The highest BCUT2D eigenvalue weighted by Gasteiger charge is 2.22. The average molecular weight is 303 g/mol. The molecule has 0 spiro atoms. The van der Waals surface area contributed by atoms with E-state index in [0.717, 1.165) is 0 Å². The van der Waals surface area contributed by atoms with Crippen molar-refractivity contribution in [1.29, 1.82) is 0 Å². The van der Waals surface area contributed by atoms with Crippen LogP contribution in [-0.2, 0) is 14.8 Å². The van der Waals surface area contributed by atoms with Gasteiger partial charge in [-0.05, 0) is 25.2 Å². The molecule has 20 heavy (non-hydrogen) atoms. The third-order valence-electron chi connectivity index (χ3n) is 3.18. The third-order valence-corrected chi connectivity index (χ3v) is 4.76. The van der Waals surface area contributed by atoms with Crippen LogP contribution in [0.1, 0.15) is 38.8 Å². The number of carboxylic acids is 1. The van der Waals surface area contributed by atoms with E-state index in [0.29, 0.717) is 18.5 Å². The lowest BCUT2D eigenvalue weighted by Crippen LogP contribution is -2.28. The Hall–Kier alpha value is -1.41. The van der Waals surface area contributed by atoms with Gasteiger partial charge in [-0.1, -0.05) is 13.8 Å². The molecular weight excluding hydrogens is 282 g/mol. The molecule has 0 aliphatic carbocycles. The van der Waals surface area contributed by atoms with Gasteiger partial charge in [0.25, 0.3) is 0 Å². The van der Waals surface area contributed by atoms with Crippen molar-refractivity contribution in [2.75, 3.05) is 6.54 Å². The number of nitrogens with zero attached hydrogens (tertiary/aromatic N) is 1. The van der Waals surface area contributed by atoms with Crippen LogP contribution in [0.15, 0.2) is 11.1 Å². The van der Waals surface area contributed by atoms with Crippen LogP contribution in [0.25, 0.3) is 0 Å². The number of carbonyl (C=O) groups is 1. The number of rotatable bonds is 8. The molecule has 0 bridgehead atoms. The Labute approximate surface area is 118 Å². The molecule has 0 saturated carbocycles. The van der Waals surface area contributed by atoms with Crippen LogP contribution in [0, 0.1) is 12.3 Å². The summed E-state index contributed by atoms with van der Waals surface area (Å²) >= 11 is 0. The van der Waals surface area contributed by atoms with E-state index in [9.17, 15) is 13.2 Å². The summed E-state index contributed by atoms with van der Waals surface area (Å²) in [6.45, 7) is 5.75. The van der Waals surface area contributed by atoms with Gasteiger partial charge in [0.15, 0.2) is 0 Å². The van der Waals surface area contributed by atoms with E-state index in [1.807, 2.05) is 13.8 Å². The normalized spacial score (nSPS) is 12.6. The number of aromatic amines is 1. The zero-order valence-corrected chi connectivity index (χ0v) is 12.7. The Bertz CT molecular complexity index is 563. The second-order valence-electron chi connectivity index (χ2n) is 5.56. The summed E-state index contributed by atoms with van der Waals surface area (Å²) in [4.78, 5) is 10.7. The first-order valence-electron chi connectivity index (χ1n) is 6.35. The fourth-order valence-corrected chi connectivity index (χ4v) is 2.95. The van der Waals surface area contributed by atoms with Crippen molar-refractivity contribution in [3.05, 3.63) is 11.9 Å². The highest BCUT2D eigenvalue weighted by Crippen LogP contribution is 2.26. The summed E-state index contributed by atoms with van der Waals surface area (Å²) in [7, 11) is -3.56. The van der Waals surface area contributed by atoms with Gasteiger partial charge in [0.05, 0.1) is 11.9 Å². The Morgan fingerprint density at radius 2 is 2.10 bits per heavy atom. The van der Waals surface area contributed by atoms with Crippen molar-refractivity contribution in [1.82, 2.24) is 14.9 Å². The van der Waals surface area contributed by atoms with Crippen LogP contribution in [0.4, 0.5) is 0 Å². The number of H-pyrrole nitrogens is 1. The number of hydrogen-bond acceptors (Lipinski definition) is 4. The zero-order chi connectivity index (χ0) is 15.4. The second-order valence-corrected chi connectivity index (χ2v) is 7.30.